The lowest BCUT2D eigenvalue weighted by Gasteiger charge is -2.55. The zero-order valence-electron chi connectivity index (χ0n) is 12.4. The molecular formula is C16H23BrFNO. The zero-order valence-corrected chi connectivity index (χ0v) is 14.0. The lowest BCUT2D eigenvalue weighted by Crippen LogP contribution is -2.64. The van der Waals surface area contributed by atoms with Gasteiger partial charge in [0.15, 0.2) is 0 Å². The van der Waals surface area contributed by atoms with Crippen LogP contribution in [0.25, 0.3) is 0 Å². The molecule has 0 spiro atoms. The molecule has 112 valence electrons. The first kappa shape index (κ1) is 15.8. The van der Waals surface area contributed by atoms with E-state index < -0.39 is 0 Å². The van der Waals surface area contributed by atoms with E-state index in [2.05, 4.69) is 42.0 Å². The van der Waals surface area contributed by atoms with Gasteiger partial charge in [0, 0.05) is 17.9 Å². The molecule has 4 heteroatoms. The molecule has 1 aromatic rings. The fraction of sp³-hybridized carbons (Fsp3) is 0.625. The maximum atomic E-state index is 13.3. The molecule has 0 amide bonds. The summed E-state index contributed by atoms with van der Waals surface area (Å²) >= 11 is 3.21. The third-order valence-corrected chi connectivity index (χ3v) is 5.33. The molecule has 1 fully saturated rings. The van der Waals surface area contributed by atoms with Crippen molar-refractivity contribution in [2.75, 3.05) is 6.54 Å². The number of halogens is 2. The maximum Gasteiger partial charge on any atom is 0.137 e. The smallest absolute Gasteiger partial charge is 0.137 e. The van der Waals surface area contributed by atoms with Gasteiger partial charge >= 0.3 is 0 Å². The summed E-state index contributed by atoms with van der Waals surface area (Å²) in [5, 5.41) is 3.56. The summed E-state index contributed by atoms with van der Waals surface area (Å²) in [6.07, 6.45) is 3.41. The monoisotopic (exact) mass is 343 g/mol. The SMILES string of the molecule is CCNC1CC(Oc2ccc(F)c(Br)c2)C1(CC)CC. The van der Waals surface area contributed by atoms with Crippen molar-refractivity contribution in [2.45, 2.75) is 52.2 Å². The van der Waals surface area contributed by atoms with E-state index in [9.17, 15) is 4.39 Å². The Bertz CT molecular complexity index is 462. The predicted octanol–water partition coefficient (Wildman–Crippen LogP) is 4.52. The maximum absolute atomic E-state index is 13.3. The van der Waals surface area contributed by atoms with Gasteiger partial charge < -0.3 is 10.1 Å². The number of hydrogen-bond acceptors (Lipinski definition) is 2. The molecule has 1 aromatic carbocycles. The van der Waals surface area contributed by atoms with Crippen LogP contribution in [0.4, 0.5) is 4.39 Å². The van der Waals surface area contributed by atoms with Crippen LogP contribution < -0.4 is 10.1 Å². The zero-order chi connectivity index (χ0) is 14.8. The normalized spacial score (nSPS) is 24.2. The van der Waals surface area contributed by atoms with Crippen LogP contribution in [0.1, 0.15) is 40.0 Å². The van der Waals surface area contributed by atoms with Crippen molar-refractivity contribution in [1.82, 2.24) is 5.32 Å². The predicted molar refractivity (Wildman–Crippen MR) is 83.6 cm³/mol. The molecule has 0 radical (unpaired) electrons. The Morgan fingerprint density at radius 1 is 1.35 bits per heavy atom. The van der Waals surface area contributed by atoms with Crippen LogP contribution in [0.5, 0.6) is 5.75 Å². The minimum Gasteiger partial charge on any atom is -0.490 e. The van der Waals surface area contributed by atoms with Crippen LogP contribution >= 0.6 is 15.9 Å². The highest BCUT2D eigenvalue weighted by Gasteiger charge is 2.53. The molecule has 0 heterocycles. The molecule has 2 nitrogen and oxygen atoms in total. The van der Waals surface area contributed by atoms with Crippen LogP contribution in [0.2, 0.25) is 0 Å². The van der Waals surface area contributed by atoms with Crippen molar-refractivity contribution in [3.05, 3.63) is 28.5 Å². The highest BCUT2D eigenvalue weighted by molar-refractivity contribution is 9.10. The van der Waals surface area contributed by atoms with Crippen molar-refractivity contribution < 1.29 is 9.13 Å². The van der Waals surface area contributed by atoms with Crippen LogP contribution in [-0.2, 0) is 0 Å². The van der Waals surface area contributed by atoms with Gasteiger partial charge in [-0.05, 0) is 53.5 Å². The van der Waals surface area contributed by atoms with Crippen molar-refractivity contribution in [3.8, 4) is 5.75 Å². The Morgan fingerprint density at radius 2 is 2.05 bits per heavy atom. The average Bonchev–Trinajstić information content (AvgIpc) is 2.43. The minimum absolute atomic E-state index is 0.191. The molecule has 2 unspecified atom stereocenters. The van der Waals surface area contributed by atoms with Gasteiger partial charge in [0.2, 0.25) is 0 Å². The van der Waals surface area contributed by atoms with Crippen LogP contribution in [0, 0.1) is 11.2 Å². The van der Waals surface area contributed by atoms with E-state index in [0.29, 0.717) is 10.5 Å². The quantitative estimate of drug-likeness (QED) is 0.819. The van der Waals surface area contributed by atoms with Gasteiger partial charge in [0.25, 0.3) is 0 Å². The molecule has 1 aliphatic carbocycles. The fourth-order valence-electron chi connectivity index (χ4n) is 3.36. The summed E-state index contributed by atoms with van der Waals surface area (Å²) in [5.41, 5.74) is 0.191. The summed E-state index contributed by atoms with van der Waals surface area (Å²) in [6.45, 7) is 7.58. The third kappa shape index (κ3) is 2.73. The van der Waals surface area contributed by atoms with E-state index in [1.807, 2.05) is 0 Å². The molecule has 2 rings (SSSR count). The number of rotatable bonds is 6. The third-order valence-electron chi connectivity index (χ3n) is 4.72. The standard InChI is InChI=1S/C16H23BrFNO/c1-4-16(5-2)14(19-6-3)10-15(16)20-11-7-8-13(18)12(17)9-11/h7-9,14-15,19H,4-6,10H2,1-3H3. The highest BCUT2D eigenvalue weighted by Crippen LogP contribution is 2.49. The number of hydrogen-bond donors (Lipinski definition) is 1. The van der Waals surface area contributed by atoms with Gasteiger partial charge in [-0.15, -0.1) is 0 Å². The first-order valence-corrected chi connectivity index (χ1v) is 8.21. The summed E-state index contributed by atoms with van der Waals surface area (Å²) in [6, 6.07) is 5.39. The lowest BCUT2D eigenvalue weighted by atomic mass is 9.58. The Labute approximate surface area is 129 Å². The van der Waals surface area contributed by atoms with E-state index in [1.54, 1.807) is 12.1 Å². The number of benzene rings is 1. The van der Waals surface area contributed by atoms with Crippen molar-refractivity contribution >= 4 is 15.9 Å². The second-order valence-electron chi connectivity index (χ2n) is 5.47. The van der Waals surface area contributed by atoms with Crippen LogP contribution in [0.3, 0.4) is 0 Å². The van der Waals surface area contributed by atoms with Gasteiger partial charge in [0.1, 0.15) is 17.7 Å². The summed E-state index contributed by atoms with van der Waals surface area (Å²) in [7, 11) is 0. The van der Waals surface area contributed by atoms with Crippen molar-refractivity contribution in [3.63, 3.8) is 0 Å². The first-order valence-electron chi connectivity index (χ1n) is 7.42. The second-order valence-corrected chi connectivity index (χ2v) is 6.32. The van der Waals surface area contributed by atoms with E-state index >= 15 is 0 Å². The Balaban J connectivity index is 2.11. The largest absolute Gasteiger partial charge is 0.490 e. The molecule has 0 aromatic heterocycles. The topological polar surface area (TPSA) is 21.3 Å². The number of ether oxygens (including phenoxy) is 1. The van der Waals surface area contributed by atoms with Crippen LogP contribution in [0.15, 0.2) is 22.7 Å². The van der Waals surface area contributed by atoms with Crippen molar-refractivity contribution in [2.24, 2.45) is 5.41 Å². The van der Waals surface area contributed by atoms with Gasteiger partial charge in [0.05, 0.1) is 4.47 Å². The molecule has 2 atom stereocenters. The van der Waals surface area contributed by atoms with Crippen molar-refractivity contribution in [1.29, 1.82) is 0 Å². The Kier molecular flexibility index (Phi) is 5.08. The number of nitrogens with one attached hydrogen (secondary N) is 1. The van der Waals surface area contributed by atoms with E-state index in [4.69, 9.17) is 4.74 Å². The second kappa shape index (κ2) is 6.44. The fourth-order valence-corrected chi connectivity index (χ4v) is 3.72. The highest BCUT2D eigenvalue weighted by atomic mass is 79.9. The van der Waals surface area contributed by atoms with E-state index in [1.165, 1.54) is 6.07 Å². The first-order chi connectivity index (χ1) is 9.57. The molecule has 0 bridgehead atoms. The molecule has 0 saturated heterocycles. The molecule has 1 aliphatic rings. The molecule has 1 saturated carbocycles. The van der Waals surface area contributed by atoms with E-state index in [-0.39, 0.29) is 17.3 Å². The summed E-state index contributed by atoms with van der Waals surface area (Å²) in [4.78, 5) is 0. The average molecular weight is 344 g/mol. The van der Waals surface area contributed by atoms with Gasteiger partial charge in [-0.2, -0.15) is 0 Å². The van der Waals surface area contributed by atoms with Crippen LogP contribution in [-0.4, -0.2) is 18.7 Å². The minimum atomic E-state index is -0.256. The summed E-state index contributed by atoms with van der Waals surface area (Å²) in [5.74, 6) is 0.484. The Hall–Kier alpha value is -0.610. The summed E-state index contributed by atoms with van der Waals surface area (Å²) < 4.78 is 19.8. The Morgan fingerprint density at radius 3 is 2.60 bits per heavy atom. The van der Waals surface area contributed by atoms with Gasteiger partial charge in [-0.1, -0.05) is 20.8 Å². The van der Waals surface area contributed by atoms with Gasteiger partial charge in [-0.25, -0.2) is 4.39 Å². The van der Waals surface area contributed by atoms with Gasteiger partial charge in [-0.3, -0.25) is 0 Å². The molecule has 0 aliphatic heterocycles. The molecular weight excluding hydrogens is 321 g/mol. The molecule has 1 N–H and O–H groups in total. The lowest BCUT2D eigenvalue weighted by molar-refractivity contribution is -0.0854. The van der Waals surface area contributed by atoms with E-state index in [0.717, 1.165) is 31.6 Å². The molecule has 20 heavy (non-hydrogen) atoms.